The Balaban J connectivity index is 2.23. The number of hydrogen-bond donors (Lipinski definition) is 1. The number of amides is 1. The van der Waals surface area contributed by atoms with Crippen LogP contribution in [0.5, 0.6) is 0 Å². The zero-order valence-electron chi connectivity index (χ0n) is 11.5. The normalized spacial score (nSPS) is 23.2. The Morgan fingerprint density at radius 2 is 2.05 bits per heavy atom. The molecule has 0 aliphatic carbocycles. The van der Waals surface area contributed by atoms with Gasteiger partial charge in [0.25, 0.3) is 0 Å². The highest BCUT2D eigenvalue weighted by Gasteiger charge is 2.36. The van der Waals surface area contributed by atoms with Gasteiger partial charge in [-0.25, -0.2) is 4.39 Å². The quantitative estimate of drug-likeness (QED) is 0.905. The van der Waals surface area contributed by atoms with E-state index in [1.807, 2.05) is 14.0 Å². The van der Waals surface area contributed by atoms with Gasteiger partial charge < -0.3 is 10.6 Å². The maximum absolute atomic E-state index is 13.0. The molecule has 1 saturated heterocycles. The number of carbonyl (C=O) groups excluding carboxylic acids is 1. The second-order valence-electron chi connectivity index (χ2n) is 5.46. The van der Waals surface area contributed by atoms with Crippen LogP contribution in [0.1, 0.15) is 31.2 Å². The first kappa shape index (κ1) is 14.0. The van der Waals surface area contributed by atoms with Crippen molar-refractivity contribution in [3.8, 4) is 0 Å². The Bertz CT molecular complexity index is 446. The van der Waals surface area contributed by atoms with Crippen LogP contribution in [0.15, 0.2) is 24.3 Å². The van der Waals surface area contributed by atoms with Crippen molar-refractivity contribution in [3.05, 3.63) is 35.6 Å². The van der Waals surface area contributed by atoms with E-state index >= 15 is 0 Å². The average Bonchev–Trinajstić information content (AvgIpc) is 2.76. The molecule has 0 spiro atoms. The lowest BCUT2D eigenvalue weighted by atomic mass is 9.81. The van der Waals surface area contributed by atoms with Gasteiger partial charge in [-0.15, -0.1) is 0 Å². The lowest BCUT2D eigenvalue weighted by Gasteiger charge is -2.31. The molecular formula is C15H21FN2O. The number of likely N-dealkylation sites (tertiary alicyclic amines) is 1. The molecule has 1 aromatic carbocycles. The Morgan fingerprint density at radius 3 is 2.53 bits per heavy atom. The van der Waals surface area contributed by atoms with Crippen LogP contribution in [0.4, 0.5) is 4.39 Å². The van der Waals surface area contributed by atoms with Gasteiger partial charge in [0.1, 0.15) is 5.82 Å². The zero-order valence-corrected chi connectivity index (χ0v) is 11.5. The van der Waals surface area contributed by atoms with Crippen molar-refractivity contribution in [1.29, 1.82) is 0 Å². The van der Waals surface area contributed by atoms with Crippen molar-refractivity contribution in [1.82, 2.24) is 4.90 Å². The minimum atomic E-state index is -0.268. The molecule has 1 heterocycles. The van der Waals surface area contributed by atoms with Crippen molar-refractivity contribution in [3.63, 3.8) is 0 Å². The van der Waals surface area contributed by atoms with Crippen molar-refractivity contribution in [2.24, 2.45) is 11.7 Å². The summed E-state index contributed by atoms with van der Waals surface area (Å²) < 4.78 is 13.0. The van der Waals surface area contributed by atoms with Gasteiger partial charge in [-0.05, 0) is 50.0 Å². The summed E-state index contributed by atoms with van der Waals surface area (Å²) in [5.74, 6) is -0.748. The first-order chi connectivity index (χ1) is 9.00. The summed E-state index contributed by atoms with van der Waals surface area (Å²) in [6.45, 7) is 3.00. The fraction of sp³-hybridized carbons (Fsp3) is 0.533. The largest absolute Gasteiger partial charge is 0.369 e. The van der Waals surface area contributed by atoms with Crippen LogP contribution in [-0.4, -0.2) is 30.4 Å². The van der Waals surface area contributed by atoms with E-state index in [2.05, 4.69) is 4.90 Å². The monoisotopic (exact) mass is 264 g/mol. The molecule has 2 N–H and O–H groups in total. The molecule has 3 atom stereocenters. The zero-order chi connectivity index (χ0) is 14.0. The third-order valence-electron chi connectivity index (χ3n) is 4.25. The molecule has 2 rings (SSSR count). The SMILES string of the molecule is C[C@H](c1ccc(F)cc1)C(C(N)=O)[C@@H]1CCCN1C. The molecule has 0 radical (unpaired) electrons. The van der Waals surface area contributed by atoms with Gasteiger partial charge in [0.2, 0.25) is 5.91 Å². The molecular weight excluding hydrogens is 243 g/mol. The molecule has 19 heavy (non-hydrogen) atoms. The molecule has 1 amide bonds. The van der Waals surface area contributed by atoms with Crippen LogP contribution in [0.2, 0.25) is 0 Å². The highest BCUT2D eigenvalue weighted by molar-refractivity contribution is 5.78. The molecule has 0 aromatic heterocycles. The first-order valence-corrected chi connectivity index (χ1v) is 6.75. The summed E-state index contributed by atoms with van der Waals surface area (Å²) in [5.41, 5.74) is 6.57. The van der Waals surface area contributed by atoms with Gasteiger partial charge in [0.05, 0.1) is 5.92 Å². The standard InChI is InChI=1S/C15H21FN2O/c1-10(11-5-7-12(16)8-6-11)14(15(17)19)13-4-3-9-18(13)2/h5-8,10,13-14H,3-4,9H2,1-2H3,(H2,17,19)/t10-,13+,14?/m1/s1. The molecule has 1 aromatic rings. The third kappa shape index (κ3) is 2.95. The number of benzene rings is 1. The van der Waals surface area contributed by atoms with E-state index in [0.717, 1.165) is 24.9 Å². The molecule has 0 saturated carbocycles. The highest BCUT2D eigenvalue weighted by Crippen LogP contribution is 2.33. The molecule has 1 unspecified atom stereocenters. The van der Waals surface area contributed by atoms with Crippen LogP contribution in [0, 0.1) is 11.7 Å². The van der Waals surface area contributed by atoms with E-state index in [0.29, 0.717) is 0 Å². The Hall–Kier alpha value is -1.42. The third-order valence-corrected chi connectivity index (χ3v) is 4.25. The maximum Gasteiger partial charge on any atom is 0.222 e. The highest BCUT2D eigenvalue weighted by atomic mass is 19.1. The van der Waals surface area contributed by atoms with Gasteiger partial charge >= 0.3 is 0 Å². The Labute approximate surface area is 113 Å². The van der Waals surface area contributed by atoms with E-state index < -0.39 is 0 Å². The average molecular weight is 264 g/mol. The minimum absolute atomic E-state index is 0.00338. The summed E-state index contributed by atoms with van der Waals surface area (Å²) in [4.78, 5) is 14.0. The predicted octanol–water partition coefficient (Wildman–Crippen LogP) is 2.12. The fourth-order valence-corrected chi connectivity index (χ4v) is 3.13. The Kier molecular flexibility index (Phi) is 4.20. The number of carbonyl (C=O) groups is 1. The van der Waals surface area contributed by atoms with E-state index in [4.69, 9.17) is 5.73 Å². The molecule has 4 heteroatoms. The summed E-state index contributed by atoms with van der Waals surface area (Å²) >= 11 is 0. The van der Waals surface area contributed by atoms with Gasteiger partial charge in [-0.1, -0.05) is 19.1 Å². The van der Waals surface area contributed by atoms with Gasteiger partial charge in [0.15, 0.2) is 0 Å². The van der Waals surface area contributed by atoms with Gasteiger partial charge in [0, 0.05) is 6.04 Å². The van der Waals surface area contributed by atoms with Gasteiger partial charge in [-0.3, -0.25) is 4.79 Å². The summed E-state index contributed by atoms with van der Waals surface area (Å²) in [7, 11) is 2.03. The lowest BCUT2D eigenvalue weighted by Crippen LogP contribution is -2.42. The van der Waals surface area contributed by atoms with Crippen molar-refractivity contribution in [2.45, 2.75) is 31.7 Å². The van der Waals surface area contributed by atoms with E-state index in [1.165, 1.54) is 12.1 Å². The second-order valence-corrected chi connectivity index (χ2v) is 5.46. The van der Waals surface area contributed by atoms with E-state index in [9.17, 15) is 9.18 Å². The maximum atomic E-state index is 13.0. The van der Waals surface area contributed by atoms with Crippen molar-refractivity contribution in [2.75, 3.05) is 13.6 Å². The van der Waals surface area contributed by atoms with E-state index in [1.54, 1.807) is 12.1 Å². The smallest absolute Gasteiger partial charge is 0.222 e. The molecule has 1 aliphatic rings. The second kappa shape index (κ2) is 5.70. The minimum Gasteiger partial charge on any atom is -0.369 e. The van der Waals surface area contributed by atoms with Crippen molar-refractivity contribution >= 4 is 5.91 Å². The van der Waals surface area contributed by atoms with Gasteiger partial charge in [-0.2, -0.15) is 0 Å². The number of primary amides is 1. The van der Waals surface area contributed by atoms with Crippen LogP contribution in [-0.2, 0) is 4.79 Å². The van der Waals surface area contributed by atoms with Crippen LogP contribution < -0.4 is 5.73 Å². The molecule has 3 nitrogen and oxygen atoms in total. The summed E-state index contributed by atoms with van der Waals surface area (Å²) in [5, 5.41) is 0. The number of rotatable bonds is 4. The molecule has 0 bridgehead atoms. The van der Waals surface area contributed by atoms with Crippen LogP contribution in [0.25, 0.3) is 0 Å². The van der Waals surface area contributed by atoms with E-state index in [-0.39, 0.29) is 29.6 Å². The number of hydrogen-bond acceptors (Lipinski definition) is 2. The van der Waals surface area contributed by atoms with Crippen molar-refractivity contribution < 1.29 is 9.18 Å². The topological polar surface area (TPSA) is 46.3 Å². The number of nitrogens with two attached hydrogens (primary N) is 1. The molecule has 1 fully saturated rings. The molecule has 1 aliphatic heterocycles. The van der Waals surface area contributed by atoms with Crippen LogP contribution >= 0.6 is 0 Å². The lowest BCUT2D eigenvalue weighted by molar-refractivity contribution is -0.124. The summed E-state index contributed by atoms with van der Waals surface area (Å²) in [6.07, 6.45) is 2.09. The number of halogens is 1. The summed E-state index contributed by atoms with van der Waals surface area (Å²) in [6, 6.07) is 6.54. The predicted molar refractivity (Wildman–Crippen MR) is 73.2 cm³/mol. The first-order valence-electron chi connectivity index (χ1n) is 6.75. The Morgan fingerprint density at radius 1 is 1.42 bits per heavy atom. The fourth-order valence-electron chi connectivity index (χ4n) is 3.13. The number of nitrogens with zero attached hydrogens (tertiary/aromatic N) is 1. The van der Waals surface area contributed by atoms with Crippen LogP contribution in [0.3, 0.4) is 0 Å². The molecule has 104 valence electrons.